The molecule has 0 spiro atoms. The number of hydrogen-bond donors (Lipinski definition) is 1. The number of rotatable bonds is 6. The molecule has 0 radical (unpaired) electrons. The van der Waals surface area contributed by atoms with E-state index in [1.54, 1.807) is 6.20 Å². The van der Waals surface area contributed by atoms with Crippen molar-refractivity contribution < 1.29 is 4.79 Å². The molecule has 1 N–H and O–H groups in total. The number of nitrogens with zero attached hydrogens (tertiary/aromatic N) is 3. The van der Waals surface area contributed by atoms with E-state index in [1.807, 2.05) is 28.9 Å². The van der Waals surface area contributed by atoms with E-state index in [0.29, 0.717) is 12.3 Å². The Bertz CT molecular complexity index is 357. The summed E-state index contributed by atoms with van der Waals surface area (Å²) in [5, 5.41) is 7.46. The molecule has 1 aromatic heterocycles. The zero-order chi connectivity index (χ0) is 12.8. The number of nitrogens with one attached hydrogen (secondary N) is 1. The van der Waals surface area contributed by atoms with Crippen LogP contribution in [0.15, 0.2) is 18.5 Å². The summed E-state index contributed by atoms with van der Waals surface area (Å²) in [6, 6.07) is 1.90. The van der Waals surface area contributed by atoms with Gasteiger partial charge >= 0.3 is 0 Å². The molecule has 1 amide bonds. The molecule has 2 rings (SSSR count). The molecule has 5 heteroatoms. The first-order valence-electron chi connectivity index (χ1n) is 6.68. The van der Waals surface area contributed by atoms with Crippen molar-refractivity contribution in [2.45, 2.75) is 25.8 Å². The lowest BCUT2D eigenvalue weighted by atomic mass is 10.0. The topological polar surface area (TPSA) is 50.2 Å². The van der Waals surface area contributed by atoms with Crippen LogP contribution >= 0.6 is 0 Å². The van der Waals surface area contributed by atoms with Gasteiger partial charge in [-0.1, -0.05) is 0 Å². The zero-order valence-electron chi connectivity index (χ0n) is 11.0. The highest BCUT2D eigenvalue weighted by molar-refractivity contribution is 5.75. The van der Waals surface area contributed by atoms with Gasteiger partial charge in [0.15, 0.2) is 0 Å². The van der Waals surface area contributed by atoms with Crippen molar-refractivity contribution in [1.29, 1.82) is 0 Å². The van der Waals surface area contributed by atoms with Crippen molar-refractivity contribution in [2.24, 2.45) is 5.92 Å². The summed E-state index contributed by atoms with van der Waals surface area (Å²) in [5.74, 6) is 0.933. The highest BCUT2D eigenvalue weighted by Gasteiger charge is 2.17. The summed E-state index contributed by atoms with van der Waals surface area (Å²) < 4.78 is 1.85. The number of hydrogen-bond acceptors (Lipinski definition) is 3. The Balaban J connectivity index is 1.64. The summed E-state index contributed by atoms with van der Waals surface area (Å²) in [5.41, 5.74) is 0. The highest BCUT2D eigenvalue weighted by atomic mass is 16.2. The second-order valence-corrected chi connectivity index (χ2v) is 4.98. The summed E-state index contributed by atoms with van der Waals surface area (Å²) in [6.45, 7) is 3.67. The Labute approximate surface area is 108 Å². The van der Waals surface area contributed by atoms with Crippen LogP contribution in [-0.2, 0) is 11.3 Å². The molecular formula is C13H22N4O. The molecule has 1 atom stereocenters. The molecule has 0 bridgehead atoms. The van der Waals surface area contributed by atoms with Crippen molar-refractivity contribution in [3.05, 3.63) is 18.5 Å². The second kappa shape index (κ2) is 6.54. The van der Waals surface area contributed by atoms with Gasteiger partial charge in [-0.2, -0.15) is 5.10 Å². The molecular weight excluding hydrogens is 228 g/mol. The maximum atomic E-state index is 11.9. The van der Waals surface area contributed by atoms with Gasteiger partial charge in [0, 0.05) is 32.4 Å². The monoisotopic (exact) mass is 250 g/mol. The third-order valence-corrected chi connectivity index (χ3v) is 3.58. The summed E-state index contributed by atoms with van der Waals surface area (Å²) in [7, 11) is 1.87. The normalized spacial score (nSPS) is 19.1. The maximum Gasteiger partial charge on any atom is 0.222 e. The van der Waals surface area contributed by atoms with Crippen LogP contribution < -0.4 is 5.32 Å². The van der Waals surface area contributed by atoms with Gasteiger partial charge in [0.2, 0.25) is 5.91 Å². The Morgan fingerprint density at radius 3 is 3.17 bits per heavy atom. The van der Waals surface area contributed by atoms with E-state index in [9.17, 15) is 4.79 Å². The lowest BCUT2D eigenvalue weighted by Crippen LogP contribution is -2.30. The molecule has 1 aliphatic rings. The van der Waals surface area contributed by atoms with E-state index < -0.39 is 0 Å². The fourth-order valence-corrected chi connectivity index (χ4v) is 2.29. The molecule has 18 heavy (non-hydrogen) atoms. The van der Waals surface area contributed by atoms with Crippen LogP contribution in [0, 0.1) is 5.92 Å². The van der Waals surface area contributed by atoms with Gasteiger partial charge < -0.3 is 10.2 Å². The van der Waals surface area contributed by atoms with E-state index >= 15 is 0 Å². The third-order valence-electron chi connectivity index (χ3n) is 3.58. The Hall–Kier alpha value is -1.36. The van der Waals surface area contributed by atoms with Gasteiger partial charge in [-0.15, -0.1) is 0 Å². The molecule has 1 aliphatic heterocycles. The molecule has 0 aromatic carbocycles. The quantitative estimate of drug-likeness (QED) is 0.810. The molecule has 0 aliphatic carbocycles. The highest BCUT2D eigenvalue weighted by Crippen LogP contribution is 2.14. The summed E-state index contributed by atoms with van der Waals surface area (Å²) in [6.07, 6.45) is 6.57. The van der Waals surface area contributed by atoms with Gasteiger partial charge in [-0.05, 0) is 37.9 Å². The van der Waals surface area contributed by atoms with E-state index in [4.69, 9.17) is 0 Å². The minimum atomic E-state index is 0.244. The summed E-state index contributed by atoms with van der Waals surface area (Å²) in [4.78, 5) is 13.7. The standard InChI is InChI=1S/C13H22N4O/c1-16(9-10-17-8-2-6-15-17)13(18)4-3-12-5-7-14-11-12/h2,6,8,12,14H,3-5,7,9-11H2,1H3. The maximum absolute atomic E-state index is 11.9. The van der Waals surface area contributed by atoms with Crippen LogP contribution in [0.3, 0.4) is 0 Å². The Morgan fingerprint density at radius 2 is 2.50 bits per heavy atom. The van der Waals surface area contributed by atoms with Crippen LogP contribution in [0.4, 0.5) is 0 Å². The molecule has 100 valence electrons. The van der Waals surface area contributed by atoms with Crippen LogP contribution in [0.5, 0.6) is 0 Å². The van der Waals surface area contributed by atoms with Gasteiger partial charge in [0.1, 0.15) is 0 Å². The average molecular weight is 250 g/mol. The second-order valence-electron chi connectivity index (χ2n) is 4.98. The van der Waals surface area contributed by atoms with Crippen LogP contribution in [0.2, 0.25) is 0 Å². The van der Waals surface area contributed by atoms with Crippen LogP contribution in [-0.4, -0.2) is 47.3 Å². The first kappa shape index (κ1) is 13.1. The first-order chi connectivity index (χ1) is 8.75. The van der Waals surface area contributed by atoms with Gasteiger partial charge in [-0.3, -0.25) is 9.48 Å². The molecule has 1 unspecified atom stereocenters. The minimum absolute atomic E-state index is 0.244. The van der Waals surface area contributed by atoms with Crippen molar-refractivity contribution in [3.8, 4) is 0 Å². The average Bonchev–Trinajstić information content (AvgIpc) is 3.05. The zero-order valence-corrected chi connectivity index (χ0v) is 11.0. The van der Waals surface area contributed by atoms with Crippen molar-refractivity contribution in [1.82, 2.24) is 20.0 Å². The fraction of sp³-hybridized carbons (Fsp3) is 0.692. The summed E-state index contributed by atoms with van der Waals surface area (Å²) >= 11 is 0. The predicted octanol–water partition coefficient (Wildman–Crippen LogP) is 0.731. The van der Waals surface area contributed by atoms with Crippen LogP contribution in [0.1, 0.15) is 19.3 Å². The predicted molar refractivity (Wildman–Crippen MR) is 70.1 cm³/mol. The fourth-order valence-electron chi connectivity index (χ4n) is 2.29. The smallest absolute Gasteiger partial charge is 0.222 e. The van der Waals surface area contributed by atoms with Gasteiger partial charge in [0.25, 0.3) is 0 Å². The largest absolute Gasteiger partial charge is 0.344 e. The Morgan fingerprint density at radius 1 is 1.61 bits per heavy atom. The third kappa shape index (κ3) is 3.84. The molecule has 1 saturated heterocycles. The van der Waals surface area contributed by atoms with E-state index in [1.165, 1.54) is 6.42 Å². The van der Waals surface area contributed by atoms with E-state index in [-0.39, 0.29) is 5.91 Å². The molecule has 2 heterocycles. The number of carbonyl (C=O) groups excluding carboxylic acids is 1. The molecule has 1 aromatic rings. The molecule has 0 saturated carbocycles. The lowest BCUT2D eigenvalue weighted by molar-refractivity contribution is -0.130. The van der Waals surface area contributed by atoms with Crippen molar-refractivity contribution >= 4 is 5.91 Å². The molecule has 1 fully saturated rings. The SMILES string of the molecule is CN(CCn1cccn1)C(=O)CCC1CCNC1. The first-order valence-corrected chi connectivity index (χ1v) is 6.68. The van der Waals surface area contributed by atoms with Gasteiger partial charge in [-0.25, -0.2) is 0 Å². The minimum Gasteiger partial charge on any atom is -0.344 e. The molecule has 5 nitrogen and oxygen atoms in total. The number of aromatic nitrogens is 2. The van der Waals surface area contributed by atoms with Crippen LogP contribution in [0.25, 0.3) is 0 Å². The lowest BCUT2D eigenvalue weighted by Gasteiger charge is -2.18. The number of likely N-dealkylation sites (N-methyl/N-ethyl adjacent to an activating group) is 1. The van der Waals surface area contributed by atoms with Crippen molar-refractivity contribution in [3.63, 3.8) is 0 Å². The van der Waals surface area contributed by atoms with Crippen molar-refractivity contribution in [2.75, 3.05) is 26.7 Å². The van der Waals surface area contributed by atoms with Gasteiger partial charge in [0.05, 0.1) is 6.54 Å². The Kier molecular flexibility index (Phi) is 4.75. The number of amides is 1. The number of carbonyl (C=O) groups is 1. The van der Waals surface area contributed by atoms with E-state index in [2.05, 4.69) is 10.4 Å². The van der Waals surface area contributed by atoms with E-state index in [0.717, 1.165) is 32.6 Å².